The van der Waals surface area contributed by atoms with Crippen molar-refractivity contribution in [1.29, 1.82) is 0 Å². The van der Waals surface area contributed by atoms with Gasteiger partial charge in [-0.25, -0.2) is 0 Å². The number of aromatic nitrogens is 2. The summed E-state index contributed by atoms with van der Waals surface area (Å²) in [4.78, 5) is 14.1. The smallest absolute Gasteiger partial charge is 0.211 e. The molecule has 0 N–H and O–H groups in total. The van der Waals surface area contributed by atoms with Crippen LogP contribution >= 0.6 is 0 Å². The fraction of sp³-hybridized carbons (Fsp3) is 0.464. The number of ether oxygens (including phenoxy) is 1. The van der Waals surface area contributed by atoms with Crippen LogP contribution in [0.2, 0.25) is 0 Å². The standard InChI is InChI=1S/C28H38N2O2/c1-8-15-29-20(5)22(12-11-19(4)10-3)17-26(29)28(31)27-21(6)30(16-9-2)25-14-13-23(32-7)18-24(25)27/h11-14,17-19H,8-10,15-16H2,1-7H3/b12-11-. The van der Waals surface area contributed by atoms with Crippen LogP contribution in [0.5, 0.6) is 5.75 Å². The van der Waals surface area contributed by atoms with Gasteiger partial charge in [-0.2, -0.15) is 0 Å². The van der Waals surface area contributed by atoms with Gasteiger partial charge < -0.3 is 13.9 Å². The molecule has 3 aromatic rings. The van der Waals surface area contributed by atoms with Crippen LogP contribution in [-0.4, -0.2) is 22.0 Å². The van der Waals surface area contributed by atoms with Gasteiger partial charge in [0.25, 0.3) is 0 Å². The lowest BCUT2D eigenvalue weighted by molar-refractivity contribution is 0.103. The van der Waals surface area contributed by atoms with Crippen molar-refractivity contribution in [2.24, 2.45) is 5.92 Å². The van der Waals surface area contributed by atoms with E-state index in [1.54, 1.807) is 7.11 Å². The summed E-state index contributed by atoms with van der Waals surface area (Å²) in [5.41, 5.74) is 5.97. The van der Waals surface area contributed by atoms with Crippen LogP contribution in [0, 0.1) is 19.8 Å². The summed E-state index contributed by atoms with van der Waals surface area (Å²) in [6.45, 7) is 14.7. The highest BCUT2D eigenvalue weighted by Gasteiger charge is 2.25. The van der Waals surface area contributed by atoms with Crippen LogP contribution in [0.4, 0.5) is 0 Å². The molecule has 4 nitrogen and oxygen atoms in total. The number of benzene rings is 1. The highest BCUT2D eigenvalue weighted by molar-refractivity contribution is 6.17. The number of hydrogen-bond acceptors (Lipinski definition) is 2. The van der Waals surface area contributed by atoms with Crippen molar-refractivity contribution in [3.63, 3.8) is 0 Å². The Kier molecular flexibility index (Phi) is 7.65. The Hall–Kier alpha value is -2.75. The zero-order valence-corrected chi connectivity index (χ0v) is 20.8. The Bertz CT molecular complexity index is 1130. The molecule has 1 aromatic carbocycles. The molecule has 0 bridgehead atoms. The molecule has 0 radical (unpaired) electrons. The van der Waals surface area contributed by atoms with E-state index in [4.69, 9.17) is 4.74 Å². The number of carbonyl (C=O) groups excluding carboxylic acids is 1. The molecule has 0 saturated heterocycles. The molecule has 0 aliphatic heterocycles. The Morgan fingerprint density at radius 1 is 1.03 bits per heavy atom. The van der Waals surface area contributed by atoms with E-state index in [1.807, 2.05) is 12.1 Å². The van der Waals surface area contributed by atoms with Gasteiger partial charge in [-0.05, 0) is 62.4 Å². The summed E-state index contributed by atoms with van der Waals surface area (Å²) < 4.78 is 9.95. The highest BCUT2D eigenvalue weighted by Crippen LogP contribution is 2.32. The fourth-order valence-electron chi connectivity index (χ4n) is 4.45. The number of methoxy groups -OCH3 is 1. The topological polar surface area (TPSA) is 36.2 Å². The molecule has 2 aromatic heterocycles. The van der Waals surface area contributed by atoms with E-state index in [9.17, 15) is 4.79 Å². The van der Waals surface area contributed by atoms with E-state index in [-0.39, 0.29) is 5.78 Å². The van der Waals surface area contributed by atoms with Gasteiger partial charge in [-0.1, -0.05) is 46.3 Å². The third kappa shape index (κ3) is 4.41. The van der Waals surface area contributed by atoms with Crippen molar-refractivity contribution in [3.8, 4) is 5.75 Å². The molecule has 172 valence electrons. The third-order valence-electron chi connectivity index (χ3n) is 6.54. The van der Waals surface area contributed by atoms with E-state index in [0.29, 0.717) is 5.92 Å². The van der Waals surface area contributed by atoms with Crippen molar-refractivity contribution in [2.45, 2.75) is 73.9 Å². The van der Waals surface area contributed by atoms with Crippen LogP contribution in [-0.2, 0) is 13.1 Å². The molecule has 0 spiro atoms. The van der Waals surface area contributed by atoms with Gasteiger partial charge in [0, 0.05) is 35.4 Å². The summed E-state index contributed by atoms with van der Waals surface area (Å²) in [6.07, 6.45) is 7.53. The van der Waals surface area contributed by atoms with Crippen LogP contribution < -0.4 is 4.74 Å². The summed E-state index contributed by atoms with van der Waals surface area (Å²) >= 11 is 0. The summed E-state index contributed by atoms with van der Waals surface area (Å²) in [7, 11) is 1.67. The average Bonchev–Trinajstić information content (AvgIpc) is 3.25. The van der Waals surface area contributed by atoms with Crippen molar-refractivity contribution < 1.29 is 9.53 Å². The number of carbonyl (C=O) groups is 1. The lowest BCUT2D eigenvalue weighted by Gasteiger charge is -2.11. The van der Waals surface area contributed by atoms with Crippen LogP contribution in [0.25, 0.3) is 17.0 Å². The quantitative estimate of drug-likeness (QED) is 0.317. The van der Waals surface area contributed by atoms with E-state index in [1.165, 1.54) is 0 Å². The second kappa shape index (κ2) is 10.2. The van der Waals surface area contributed by atoms with Gasteiger partial charge in [0.2, 0.25) is 5.78 Å². The molecule has 1 unspecified atom stereocenters. The van der Waals surface area contributed by atoms with Gasteiger partial charge in [-0.15, -0.1) is 0 Å². The first kappa shape index (κ1) is 23.9. The second-order valence-corrected chi connectivity index (χ2v) is 8.79. The maximum Gasteiger partial charge on any atom is 0.211 e. The minimum Gasteiger partial charge on any atom is -0.497 e. The van der Waals surface area contributed by atoms with Crippen molar-refractivity contribution in [3.05, 3.63) is 58.6 Å². The van der Waals surface area contributed by atoms with Gasteiger partial charge in [-0.3, -0.25) is 4.79 Å². The zero-order chi connectivity index (χ0) is 23.4. The lowest BCUT2D eigenvalue weighted by Crippen LogP contribution is -2.12. The van der Waals surface area contributed by atoms with E-state index >= 15 is 0 Å². The first-order valence-corrected chi connectivity index (χ1v) is 12.0. The monoisotopic (exact) mass is 434 g/mol. The van der Waals surface area contributed by atoms with Gasteiger partial charge >= 0.3 is 0 Å². The number of rotatable bonds is 10. The van der Waals surface area contributed by atoms with Crippen LogP contribution in [0.1, 0.15) is 80.0 Å². The number of allylic oxidation sites excluding steroid dienone is 1. The van der Waals surface area contributed by atoms with Crippen LogP contribution in [0.15, 0.2) is 30.3 Å². The fourth-order valence-corrected chi connectivity index (χ4v) is 4.45. The second-order valence-electron chi connectivity index (χ2n) is 8.79. The van der Waals surface area contributed by atoms with Crippen molar-refractivity contribution >= 4 is 22.8 Å². The first-order chi connectivity index (χ1) is 15.4. The molecule has 0 fully saturated rings. The molecular weight excluding hydrogens is 396 g/mol. The van der Waals surface area contributed by atoms with E-state index in [0.717, 1.165) is 77.2 Å². The summed E-state index contributed by atoms with van der Waals surface area (Å²) in [5, 5.41) is 0.971. The highest BCUT2D eigenvalue weighted by atomic mass is 16.5. The molecule has 0 amide bonds. The molecule has 2 heterocycles. The Labute approximate surface area is 192 Å². The predicted octanol–water partition coefficient (Wildman–Crippen LogP) is 7.18. The normalized spacial score (nSPS) is 12.7. The Morgan fingerprint density at radius 3 is 2.34 bits per heavy atom. The number of aryl methyl sites for hydroxylation is 1. The van der Waals surface area contributed by atoms with Crippen molar-refractivity contribution in [2.75, 3.05) is 7.11 Å². The Morgan fingerprint density at radius 2 is 1.72 bits per heavy atom. The molecule has 0 aliphatic rings. The summed E-state index contributed by atoms with van der Waals surface area (Å²) in [6, 6.07) is 8.13. The Balaban J connectivity index is 2.20. The number of hydrogen-bond donors (Lipinski definition) is 0. The number of nitrogens with zero attached hydrogens (tertiary/aromatic N) is 2. The van der Waals surface area contributed by atoms with Crippen molar-refractivity contribution in [1.82, 2.24) is 9.13 Å². The maximum absolute atomic E-state index is 14.1. The minimum atomic E-state index is 0.0929. The minimum absolute atomic E-state index is 0.0929. The largest absolute Gasteiger partial charge is 0.497 e. The molecular formula is C28H38N2O2. The van der Waals surface area contributed by atoms with Gasteiger partial charge in [0.15, 0.2) is 0 Å². The molecule has 0 aliphatic carbocycles. The third-order valence-corrected chi connectivity index (χ3v) is 6.54. The molecule has 32 heavy (non-hydrogen) atoms. The van der Waals surface area contributed by atoms with E-state index < -0.39 is 0 Å². The predicted molar refractivity (Wildman–Crippen MR) is 135 cm³/mol. The average molecular weight is 435 g/mol. The summed E-state index contributed by atoms with van der Waals surface area (Å²) in [5.74, 6) is 1.39. The number of ketones is 1. The zero-order valence-electron chi connectivity index (χ0n) is 20.8. The molecule has 3 rings (SSSR count). The first-order valence-electron chi connectivity index (χ1n) is 12.0. The molecule has 4 heteroatoms. The molecule has 1 atom stereocenters. The molecule has 0 saturated carbocycles. The van der Waals surface area contributed by atoms with Crippen LogP contribution in [0.3, 0.4) is 0 Å². The van der Waals surface area contributed by atoms with Gasteiger partial charge in [0.05, 0.1) is 18.4 Å². The van der Waals surface area contributed by atoms with Gasteiger partial charge in [0.1, 0.15) is 5.75 Å². The van der Waals surface area contributed by atoms with E-state index in [2.05, 4.69) is 75.0 Å². The number of fused-ring (bicyclic) bond motifs is 1. The lowest BCUT2D eigenvalue weighted by atomic mass is 10.0. The maximum atomic E-state index is 14.1. The SMILES string of the molecule is CCCn1c(C(=O)c2c(C)n(CCC)c3ccc(OC)cc23)cc(/C=C\C(C)CC)c1C.